The number of nitrogens with one attached hydrogen (secondary N) is 2. The molecule has 1 aliphatic heterocycles. The lowest BCUT2D eigenvalue weighted by atomic mass is 9.96. The number of esters is 1. The Hall–Kier alpha value is -3.37. The maximum Gasteiger partial charge on any atom is 0.338 e. The summed E-state index contributed by atoms with van der Waals surface area (Å²) in [6.45, 7) is 5.61. The fraction of sp³-hybridized carbons (Fsp3) is 0.346. The molecule has 1 amide bonds. The first-order chi connectivity index (χ1) is 17.7. The highest BCUT2D eigenvalue weighted by atomic mass is 35.5. The van der Waals surface area contributed by atoms with Gasteiger partial charge in [-0.25, -0.2) is 9.79 Å². The molecule has 0 spiro atoms. The van der Waals surface area contributed by atoms with Gasteiger partial charge in [0, 0.05) is 16.4 Å². The van der Waals surface area contributed by atoms with Crippen LogP contribution in [0.4, 0.5) is 5.69 Å². The molecule has 1 aliphatic rings. The van der Waals surface area contributed by atoms with Crippen LogP contribution in [-0.4, -0.2) is 50.7 Å². The van der Waals surface area contributed by atoms with Gasteiger partial charge in [-0.2, -0.15) is 0 Å². The number of hydrogen-bond donors (Lipinski definition) is 2. The molecule has 0 fully saturated rings. The van der Waals surface area contributed by atoms with Crippen molar-refractivity contribution in [2.75, 3.05) is 39.0 Å². The van der Waals surface area contributed by atoms with E-state index in [1.165, 1.54) is 33.1 Å². The van der Waals surface area contributed by atoms with Gasteiger partial charge in [0.25, 0.3) is 0 Å². The topological polar surface area (TPSA) is 107 Å². The van der Waals surface area contributed by atoms with Gasteiger partial charge in [0.15, 0.2) is 16.7 Å². The summed E-state index contributed by atoms with van der Waals surface area (Å²) in [6, 6.07) is 8.08. The minimum absolute atomic E-state index is 0.0846. The van der Waals surface area contributed by atoms with Crippen molar-refractivity contribution in [3.63, 3.8) is 0 Å². The summed E-state index contributed by atoms with van der Waals surface area (Å²) >= 11 is 7.37. The second-order valence-electron chi connectivity index (χ2n) is 7.98. The van der Waals surface area contributed by atoms with E-state index in [2.05, 4.69) is 10.6 Å². The highest BCUT2D eigenvalue weighted by Crippen LogP contribution is 2.43. The molecule has 37 heavy (non-hydrogen) atoms. The summed E-state index contributed by atoms with van der Waals surface area (Å²) < 4.78 is 21.7. The lowest BCUT2D eigenvalue weighted by molar-refractivity contribution is -0.139. The molecule has 0 aromatic heterocycles. The van der Waals surface area contributed by atoms with Gasteiger partial charge in [0.1, 0.15) is 6.04 Å². The van der Waals surface area contributed by atoms with E-state index in [4.69, 9.17) is 35.5 Å². The van der Waals surface area contributed by atoms with Crippen LogP contribution in [0.5, 0.6) is 17.2 Å². The predicted molar refractivity (Wildman–Crippen MR) is 146 cm³/mol. The number of methoxy groups -OCH3 is 3. The minimum Gasteiger partial charge on any atom is -0.493 e. The number of carbonyl (C=O) groups is 2. The van der Waals surface area contributed by atoms with Gasteiger partial charge in [-0.1, -0.05) is 29.4 Å². The largest absolute Gasteiger partial charge is 0.493 e. The van der Waals surface area contributed by atoms with Crippen LogP contribution in [0.15, 0.2) is 46.6 Å². The number of aryl methyl sites for hydroxylation is 1. The number of amidine groups is 1. The monoisotopic (exact) mass is 547 g/mol. The first-order valence-electron chi connectivity index (χ1n) is 11.4. The molecule has 0 saturated heterocycles. The third-order valence-electron chi connectivity index (χ3n) is 5.51. The predicted octanol–water partition coefficient (Wildman–Crippen LogP) is 4.88. The molecule has 11 heteroatoms. The molecule has 9 nitrogen and oxygen atoms in total. The van der Waals surface area contributed by atoms with Crippen molar-refractivity contribution in [3.8, 4) is 17.2 Å². The second-order valence-corrected chi connectivity index (χ2v) is 9.35. The van der Waals surface area contributed by atoms with E-state index in [9.17, 15) is 9.59 Å². The van der Waals surface area contributed by atoms with E-state index in [0.717, 1.165) is 5.56 Å². The van der Waals surface area contributed by atoms with Crippen molar-refractivity contribution >= 4 is 46.1 Å². The van der Waals surface area contributed by atoms with Crippen LogP contribution in [0.25, 0.3) is 0 Å². The number of benzene rings is 2. The molecule has 198 valence electrons. The molecule has 0 aliphatic carbocycles. The number of ether oxygens (including phenoxy) is 4. The first kappa shape index (κ1) is 28.2. The highest BCUT2D eigenvalue weighted by molar-refractivity contribution is 8.14. The van der Waals surface area contributed by atoms with Crippen LogP contribution < -0.4 is 24.8 Å². The van der Waals surface area contributed by atoms with Crippen LogP contribution in [0, 0.1) is 6.92 Å². The zero-order valence-corrected chi connectivity index (χ0v) is 23.1. The summed E-state index contributed by atoms with van der Waals surface area (Å²) in [4.78, 5) is 30.2. The van der Waals surface area contributed by atoms with Crippen LogP contribution in [0.2, 0.25) is 5.02 Å². The van der Waals surface area contributed by atoms with E-state index in [1.54, 1.807) is 38.1 Å². The maximum atomic E-state index is 12.9. The number of amides is 1. The van der Waals surface area contributed by atoms with Crippen molar-refractivity contribution in [1.29, 1.82) is 0 Å². The van der Waals surface area contributed by atoms with E-state index >= 15 is 0 Å². The van der Waals surface area contributed by atoms with Crippen molar-refractivity contribution < 1.29 is 28.5 Å². The second kappa shape index (κ2) is 12.7. The van der Waals surface area contributed by atoms with Gasteiger partial charge in [-0.3, -0.25) is 4.79 Å². The zero-order chi connectivity index (χ0) is 27.1. The minimum atomic E-state index is -0.726. The number of hydrogen-bond acceptors (Lipinski definition) is 9. The molecule has 0 unspecified atom stereocenters. The SMILES string of the molecule is CCOC(=O)C1=C(C)NC(SCC(=O)Nc2ccc(C)c(Cl)c2)=N[C@@H]1c1cc(OC)c(OC)c(OC)c1. The molecule has 2 N–H and O–H groups in total. The zero-order valence-electron chi connectivity index (χ0n) is 21.6. The fourth-order valence-electron chi connectivity index (χ4n) is 3.70. The summed E-state index contributed by atoms with van der Waals surface area (Å²) in [5.74, 6) is 0.645. The Bertz CT molecular complexity index is 1220. The average molecular weight is 548 g/mol. The van der Waals surface area contributed by atoms with Crippen molar-refractivity contribution in [3.05, 3.63) is 57.8 Å². The standard InChI is InChI=1S/C26H30ClN3O6S/c1-7-36-25(32)22-15(3)28-26(37-13-21(31)29-17-9-8-14(2)18(27)12-17)30-23(22)16-10-19(33-4)24(35-6)20(11-16)34-5/h8-12,23H,7,13H2,1-6H3,(H,28,30)(H,29,31)/t23-/m1/s1. The number of carbonyl (C=O) groups excluding carboxylic acids is 2. The number of halogens is 1. The summed E-state index contributed by atoms with van der Waals surface area (Å²) in [7, 11) is 4.55. The summed E-state index contributed by atoms with van der Waals surface area (Å²) in [6.07, 6.45) is 0. The quantitative estimate of drug-likeness (QED) is 0.428. The molecule has 2 aromatic rings. The molecule has 0 bridgehead atoms. The van der Waals surface area contributed by atoms with Crippen LogP contribution >= 0.6 is 23.4 Å². The van der Waals surface area contributed by atoms with Crippen LogP contribution in [0.1, 0.15) is 31.0 Å². The van der Waals surface area contributed by atoms with Gasteiger partial charge in [0.2, 0.25) is 11.7 Å². The number of rotatable bonds is 9. The number of thioether (sulfide) groups is 1. The van der Waals surface area contributed by atoms with Crippen LogP contribution in [0.3, 0.4) is 0 Å². The Morgan fingerprint density at radius 3 is 2.32 bits per heavy atom. The molecule has 1 atom stereocenters. The number of allylic oxidation sites excluding steroid dienone is 1. The number of anilines is 1. The van der Waals surface area contributed by atoms with Gasteiger partial charge in [-0.15, -0.1) is 0 Å². The van der Waals surface area contributed by atoms with Gasteiger partial charge >= 0.3 is 5.97 Å². The molecular formula is C26H30ClN3O6S. The Balaban J connectivity index is 1.90. The first-order valence-corrected chi connectivity index (χ1v) is 12.8. The Morgan fingerprint density at radius 2 is 1.76 bits per heavy atom. The number of nitrogens with zero attached hydrogens (tertiary/aromatic N) is 1. The van der Waals surface area contributed by atoms with E-state index in [1.807, 2.05) is 13.0 Å². The van der Waals surface area contributed by atoms with E-state index < -0.39 is 12.0 Å². The van der Waals surface area contributed by atoms with Gasteiger partial charge < -0.3 is 29.6 Å². The fourth-order valence-corrected chi connectivity index (χ4v) is 4.62. The summed E-state index contributed by atoms with van der Waals surface area (Å²) in [5.41, 5.74) is 3.08. The molecular weight excluding hydrogens is 518 g/mol. The van der Waals surface area contributed by atoms with Gasteiger partial charge in [0.05, 0.1) is 39.3 Å². The van der Waals surface area contributed by atoms with Crippen molar-refractivity contribution in [2.45, 2.75) is 26.8 Å². The normalized spacial score (nSPS) is 14.9. The van der Waals surface area contributed by atoms with E-state index in [-0.39, 0.29) is 18.3 Å². The Labute approximate surface area is 225 Å². The third kappa shape index (κ3) is 6.69. The van der Waals surface area contributed by atoms with E-state index in [0.29, 0.717) is 50.0 Å². The smallest absolute Gasteiger partial charge is 0.338 e. The van der Waals surface area contributed by atoms with Crippen molar-refractivity contribution in [2.24, 2.45) is 4.99 Å². The molecule has 3 rings (SSSR count). The average Bonchev–Trinajstić information content (AvgIpc) is 2.88. The highest BCUT2D eigenvalue weighted by Gasteiger charge is 2.32. The third-order valence-corrected chi connectivity index (χ3v) is 6.81. The molecule has 0 radical (unpaired) electrons. The lowest BCUT2D eigenvalue weighted by Gasteiger charge is -2.26. The Morgan fingerprint density at radius 1 is 1.08 bits per heavy atom. The lowest BCUT2D eigenvalue weighted by Crippen LogP contribution is -2.31. The molecule has 0 saturated carbocycles. The Kier molecular flexibility index (Phi) is 9.71. The van der Waals surface area contributed by atoms with Crippen molar-refractivity contribution in [1.82, 2.24) is 5.32 Å². The number of aliphatic imine (C=N–C) groups is 1. The van der Waals surface area contributed by atoms with Crippen LogP contribution in [-0.2, 0) is 14.3 Å². The maximum absolute atomic E-state index is 12.9. The molecule has 2 aromatic carbocycles. The summed E-state index contributed by atoms with van der Waals surface area (Å²) in [5, 5.41) is 7.00. The molecule has 1 heterocycles. The van der Waals surface area contributed by atoms with Gasteiger partial charge in [-0.05, 0) is 56.2 Å².